The maximum absolute atomic E-state index is 12.2. The van der Waals surface area contributed by atoms with Crippen LogP contribution in [0.2, 0.25) is 0 Å². The topological polar surface area (TPSA) is 55.1 Å². The van der Waals surface area contributed by atoms with E-state index in [0.29, 0.717) is 16.9 Å². The predicted octanol–water partition coefficient (Wildman–Crippen LogP) is 4.20. The minimum atomic E-state index is -0.144. The zero-order valence-corrected chi connectivity index (χ0v) is 13.9. The van der Waals surface area contributed by atoms with Gasteiger partial charge >= 0.3 is 0 Å². The molecular weight excluding hydrogens is 419 g/mol. The lowest BCUT2D eigenvalue weighted by molar-refractivity contribution is 0.102. The molecule has 5 heteroatoms. The average Bonchev–Trinajstić information content (AvgIpc) is 2.36. The summed E-state index contributed by atoms with van der Waals surface area (Å²) in [6.45, 7) is 1.92. The predicted molar refractivity (Wildman–Crippen MR) is 90.4 cm³/mol. The quantitative estimate of drug-likeness (QED) is 0.554. The Morgan fingerprint density at radius 1 is 1.32 bits per heavy atom. The second kappa shape index (κ2) is 5.92. The van der Waals surface area contributed by atoms with Gasteiger partial charge < -0.3 is 11.1 Å². The molecule has 0 bridgehead atoms. The SMILES string of the molecule is Cc1cc(Br)c(NC(=O)c2ccccc2I)cc1N. The maximum atomic E-state index is 12.2. The molecule has 98 valence electrons. The summed E-state index contributed by atoms with van der Waals surface area (Å²) in [6, 6.07) is 11.1. The van der Waals surface area contributed by atoms with Crippen LogP contribution in [-0.4, -0.2) is 5.91 Å². The molecule has 2 aromatic rings. The van der Waals surface area contributed by atoms with E-state index in [1.165, 1.54) is 0 Å². The van der Waals surface area contributed by atoms with Crippen LogP contribution in [0.4, 0.5) is 11.4 Å². The van der Waals surface area contributed by atoms with Gasteiger partial charge in [-0.05, 0) is 75.3 Å². The maximum Gasteiger partial charge on any atom is 0.256 e. The molecule has 0 saturated carbocycles. The number of benzene rings is 2. The van der Waals surface area contributed by atoms with Crippen LogP contribution in [0, 0.1) is 10.5 Å². The molecular formula is C14H12BrIN2O. The summed E-state index contributed by atoms with van der Waals surface area (Å²) >= 11 is 5.57. The van der Waals surface area contributed by atoms with Crippen molar-refractivity contribution in [2.24, 2.45) is 0 Å². The van der Waals surface area contributed by atoms with Crippen LogP contribution in [-0.2, 0) is 0 Å². The number of rotatable bonds is 2. The molecule has 0 aromatic heterocycles. The zero-order chi connectivity index (χ0) is 14.0. The van der Waals surface area contributed by atoms with Crippen molar-refractivity contribution in [1.29, 1.82) is 0 Å². The van der Waals surface area contributed by atoms with E-state index in [9.17, 15) is 4.79 Å². The highest BCUT2D eigenvalue weighted by atomic mass is 127. The largest absolute Gasteiger partial charge is 0.398 e. The third-order valence-corrected chi connectivity index (χ3v) is 4.32. The Morgan fingerprint density at radius 3 is 2.68 bits per heavy atom. The lowest BCUT2D eigenvalue weighted by Crippen LogP contribution is -2.14. The first-order valence-corrected chi connectivity index (χ1v) is 7.47. The number of anilines is 2. The summed E-state index contributed by atoms with van der Waals surface area (Å²) in [5, 5.41) is 2.86. The third kappa shape index (κ3) is 3.27. The van der Waals surface area contributed by atoms with Crippen molar-refractivity contribution in [1.82, 2.24) is 0 Å². The molecule has 3 nitrogen and oxygen atoms in total. The summed E-state index contributed by atoms with van der Waals surface area (Å²) in [7, 11) is 0. The van der Waals surface area contributed by atoms with Crippen molar-refractivity contribution >= 4 is 55.8 Å². The van der Waals surface area contributed by atoms with Crippen molar-refractivity contribution in [3.05, 3.63) is 55.6 Å². The van der Waals surface area contributed by atoms with E-state index in [0.717, 1.165) is 13.6 Å². The average molecular weight is 431 g/mol. The number of halogens is 2. The normalized spacial score (nSPS) is 10.3. The van der Waals surface area contributed by atoms with Crippen LogP contribution < -0.4 is 11.1 Å². The molecule has 0 heterocycles. The Kier molecular flexibility index (Phi) is 4.46. The fourth-order valence-electron chi connectivity index (χ4n) is 1.62. The Labute approximate surface area is 133 Å². The zero-order valence-electron chi connectivity index (χ0n) is 10.2. The van der Waals surface area contributed by atoms with E-state index in [4.69, 9.17) is 5.73 Å². The highest BCUT2D eigenvalue weighted by Crippen LogP contribution is 2.28. The molecule has 3 N–H and O–H groups in total. The van der Waals surface area contributed by atoms with Crippen molar-refractivity contribution in [2.45, 2.75) is 6.92 Å². The molecule has 0 aliphatic heterocycles. The van der Waals surface area contributed by atoms with Crippen molar-refractivity contribution in [3.63, 3.8) is 0 Å². The van der Waals surface area contributed by atoms with E-state index in [2.05, 4.69) is 43.8 Å². The molecule has 0 fully saturated rings. The number of hydrogen-bond acceptors (Lipinski definition) is 2. The monoisotopic (exact) mass is 430 g/mol. The number of hydrogen-bond donors (Lipinski definition) is 2. The molecule has 0 aliphatic carbocycles. The van der Waals surface area contributed by atoms with E-state index >= 15 is 0 Å². The van der Waals surface area contributed by atoms with Crippen molar-refractivity contribution in [2.75, 3.05) is 11.1 Å². The van der Waals surface area contributed by atoms with Crippen LogP contribution in [0.3, 0.4) is 0 Å². The molecule has 0 unspecified atom stereocenters. The second-order valence-corrected chi connectivity index (χ2v) is 6.14. The summed E-state index contributed by atoms with van der Waals surface area (Å²) in [6.07, 6.45) is 0. The van der Waals surface area contributed by atoms with Gasteiger partial charge in [0.15, 0.2) is 0 Å². The van der Waals surface area contributed by atoms with Gasteiger partial charge in [0, 0.05) is 13.7 Å². The minimum Gasteiger partial charge on any atom is -0.398 e. The lowest BCUT2D eigenvalue weighted by Gasteiger charge is -2.11. The summed E-state index contributed by atoms with van der Waals surface area (Å²) in [5.41, 5.74) is 8.81. The second-order valence-electron chi connectivity index (χ2n) is 4.12. The van der Waals surface area contributed by atoms with Crippen LogP contribution in [0.5, 0.6) is 0 Å². The van der Waals surface area contributed by atoms with Crippen molar-refractivity contribution in [3.8, 4) is 0 Å². The van der Waals surface area contributed by atoms with Crippen molar-refractivity contribution < 1.29 is 4.79 Å². The number of carbonyl (C=O) groups excluding carboxylic acids is 1. The first kappa shape index (κ1) is 14.3. The number of aryl methyl sites for hydroxylation is 1. The standard InChI is InChI=1S/C14H12BrIN2O/c1-8-6-10(15)13(7-12(8)17)18-14(19)9-4-2-3-5-11(9)16/h2-7H,17H2,1H3,(H,18,19). The van der Waals surface area contributed by atoms with E-state index in [-0.39, 0.29) is 5.91 Å². The number of nitrogen functional groups attached to an aromatic ring is 1. The molecule has 0 spiro atoms. The smallest absolute Gasteiger partial charge is 0.256 e. The number of nitrogens with two attached hydrogens (primary N) is 1. The molecule has 19 heavy (non-hydrogen) atoms. The van der Waals surface area contributed by atoms with Gasteiger partial charge in [0.2, 0.25) is 0 Å². The lowest BCUT2D eigenvalue weighted by atomic mass is 10.1. The van der Waals surface area contributed by atoms with E-state index in [1.54, 1.807) is 12.1 Å². The molecule has 0 saturated heterocycles. The van der Waals surface area contributed by atoms with Crippen LogP contribution in [0.1, 0.15) is 15.9 Å². The highest BCUT2D eigenvalue weighted by Gasteiger charge is 2.12. The van der Waals surface area contributed by atoms with Gasteiger partial charge in [-0.1, -0.05) is 12.1 Å². The summed E-state index contributed by atoms with van der Waals surface area (Å²) in [5.74, 6) is -0.144. The fraction of sp³-hybridized carbons (Fsp3) is 0.0714. The first-order chi connectivity index (χ1) is 8.99. The van der Waals surface area contributed by atoms with Gasteiger partial charge in [0.25, 0.3) is 5.91 Å². The molecule has 0 aliphatic rings. The van der Waals surface area contributed by atoms with Gasteiger partial charge in [-0.2, -0.15) is 0 Å². The first-order valence-electron chi connectivity index (χ1n) is 5.60. The fourth-order valence-corrected chi connectivity index (χ4v) is 2.81. The van der Waals surface area contributed by atoms with Gasteiger partial charge in [-0.3, -0.25) is 4.79 Å². The Balaban J connectivity index is 2.30. The summed E-state index contributed by atoms with van der Waals surface area (Å²) < 4.78 is 1.73. The number of carbonyl (C=O) groups is 1. The molecule has 0 radical (unpaired) electrons. The van der Waals surface area contributed by atoms with E-state index < -0.39 is 0 Å². The third-order valence-electron chi connectivity index (χ3n) is 2.72. The van der Waals surface area contributed by atoms with Gasteiger partial charge in [-0.15, -0.1) is 0 Å². The van der Waals surface area contributed by atoms with Gasteiger partial charge in [-0.25, -0.2) is 0 Å². The Morgan fingerprint density at radius 2 is 2.00 bits per heavy atom. The van der Waals surface area contributed by atoms with Crippen LogP contribution in [0.25, 0.3) is 0 Å². The van der Waals surface area contributed by atoms with E-state index in [1.807, 2.05) is 31.2 Å². The highest BCUT2D eigenvalue weighted by molar-refractivity contribution is 14.1. The summed E-state index contributed by atoms with van der Waals surface area (Å²) in [4.78, 5) is 12.2. The molecule has 2 aromatic carbocycles. The minimum absolute atomic E-state index is 0.144. The van der Waals surface area contributed by atoms with Crippen LogP contribution >= 0.6 is 38.5 Å². The number of amides is 1. The molecule has 1 amide bonds. The van der Waals surface area contributed by atoms with Crippen LogP contribution in [0.15, 0.2) is 40.9 Å². The van der Waals surface area contributed by atoms with Gasteiger partial charge in [0.05, 0.1) is 11.3 Å². The Hall–Kier alpha value is -1.08. The molecule has 2 rings (SSSR count). The Bertz CT molecular complexity index is 643. The molecule has 0 atom stereocenters. The van der Waals surface area contributed by atoms with Gasteiger partial charge in [0.1, 0.15) is 0 Å². The number of nitrogens with one attached hydrogen (secondary N) is 1.